The number of benzene rings is 2. The zero-order chi connectivity index (χ0) is 23.6. The van der Waals surface area contributed by atoms with Crippen LogP contribution in [0.15, 0.2) is 41.3 Å². The van der Waals surface area contributed by atoms with Crippen molar-refractivity contribution in [2.75, 3.05) is 32.1 Å². The Hall–Kier alpha value is -1.71. The third-order valence-electron chi connectivity index (χ3n) is 5.27. The number of fused-ring (bicyclic) bond motifs is 1. The summed E-state index contributed by atoms with van der Waals surface area (Å²) in [6, 6.07) is 10.3. The second-order valence-electron chi connectivity index (χ2n) is 8.28. The van der Waals surface area contributed by atoms with Gasteiger partial charge < -0.3 is 4.90 Å². The van der Waals surface area contributed by atoms with E-state index in [0.717, 1.165) is 21.3 Å². The number of thiazole rings is 1. The van der Waals surface area contributed by atoms with E-state index < -0.39 is 15.1 Å². The molecule has 0 saturated carbocycles. The summed E-state index contributed by atoms with van der Waals surface area (Å²) in [6.07, 6.45) is 0.158. The van der Waals surface area contributed by atoms with Gasteiger partial charge in [-0.25, -0.2) is 13.4 Å². The molecule has 3 rings (SSSR count). The van der Waals surface area contributed by atoms with Gasteiger partial charge >= 0.3 is 0 Å². The number of sulfone groups is 1. The smallest absolute Gasteiger partial charge is 0.233 e. The van der Waals surface area contributed by atoms with Gasteiger partial charge in [-0.3, -0.25) is 9.69 Å². The molecule has 1 aromatic heterocycles. The summed E-state index contributed by atoms with van der Waals surface area (Å²) < 4.78 is 25.7. The van der Waals surface area contributed by atoms with Crippen molar-refractivity contribution in [3.8, 4) is 0 Å². The van der Waals surface area contributed by atoms with Gasteiger partial charge in [0.25, 0.3) is 0 Å². The molecule has 33 heavy (non-hydrogen) atoms. The van der Waals surface area contributed by atoms with Crippen LogP contribution in [0.3, 0.4) is 0 Å². The quantitative estimate of drug-likeness (QED) is 0.410. The second kappa shape index (κ2) is 11.1. The Balaban J connectivity index is 0.00000385. The van der Waals surface area contributed by atoms with Gasteiger partial charge in [0.05, 0.1) is 26.8 Å². The lowest BCUT2D eigenvalue weighted by molar-refractivity contribution is -0.118. The van der Waals surface area contributed by atoms with Crippen molar-refractivity contribution in [3.63, 3.8) is 0 Å². The molecule has 10 heteroatoms. The van der Waals surface area contributed by atoms with E-state index in [0.29, 0.717) is 23.2 Å². The van der Waals surface area contributed by atoms with Crippen LogP contribution in [0, 0.1) is 6.92 Å². The minimum absolute atomic E-state index is 0. The highest BCUT2D eigenvalue weighted by Crippen LogP contribution is 2.33. The molecule has 0 radical (unpaired) electrons. The number of hydrogen-bond acceptors (Lipinski definition) is 6. The van der Waals surface area contributed by atoms with Crippen LogP contribution in [0.4, 0.5) is 5.13 Å². The summed E-state index contributed by atoms with van der Waals surface area (Å²) in [5.41, 5.74) is 2.46. The van der Waals surface area contributed by atoms with E-state index in [4.69, 9.17) is 16.6 Å². The molecule has 0 aliphatic carbocycles. The van der Waals surface area contributed by atoms with E-state index in [-0.39, 0.29) is 29.6 Å². The summed E-state index contributed by atoms with van der Waals surface area (Å²) in [4.78, 5) is 22.0. The number of amides is 1. The van der Waals surface area contributed by atoms with Gasteiger partial charge in [0.15, 0.2) is 15.0 Å². The monoisotopic (exact) mass is 529 g/mol. The molecule has 0 bridgehead atoms. The zero-order valence-electron chi connectivity index (χ0n) is 19.3. The standard InChI is InChI=1S/C23H28ClN3O3S2.ClH/c1-15(2)32(29,30)18-8-6-17(7-9-18)14-21(28)27(13-12-26(4)5)23-25-22-16(3)19(24)10-11-20(22)31-23;/h6-11,15H,12-14H2,1-5H3;1H. The molecule has 0 spiro atoms. The van der Waals surface area contributed by atoms with Crippen LogP contribution < -0.4 is 4.90 Å². The zero-order valence-corrected chi connectivity index (χ0v) is 22.5. The lowest BCUT2D eigenvalue weighted by Gasteiger charge is -2.22. The molecule has 180 valence electrons. The van der Waals surface area contributed by atoms with Crippen molar-refractivity contribution in [1.29, 1.82) is 0 Å². The van der Waals surface area contributed by atoms with Crippen LogP contribution in [0.1, 0.15) is 25.0 Å². The van der Waals surface area contributed by atoms with Crippen molar-refractivity contribution >= 4 is 66.4 Å². The Bertz CT molecular complexity index is 1220. The molecule has 1 amide bonds. The number of carbonyl (C=O) groups is 1. The van der Waals surface area contributed by atoms with Crippen LogP contribution in [-0.4, -0.2) is 56.6 Å². The van der Waals surface area contributed by atoms with Crippen LogP contribution in [0.5, 0.6) is 0 Å². The van der Waals surface area contributed by atoms with Crippen LogP contribution >= 0.6 is 35.3 Å². The third kappa shape index (κ3) is 6.25. The number of anilines is 1. The lowest BCUT2D eigenvalue weighted by Crippen LogP contribution is -2.37. The van der Waals surface area contributed by atoms with Crippen molar-refractivity contribution in [2.24, 2.45) is 0 Å². The average Bonchev–Trinajstić information content (AvgIpc) is 3.15. The highest BCUT2D eigenvalue weighted by molar-refractivity contribution is 7.92. The van der Waals surface area contributed by atoms with Gasteiger partial charge in [-0.05, 0) is 70.3 Å². The van der Waals surface area contributed by atoms with Gasteiger partial charge in [-0.15, -0.1) is 12.4 Å². The fourth-order valence-electron chi connectivity index (χ4n) is 3.17. The van der Waals surface area contributed by atoms with E-state index in [1.54, 1.807) is 43.0 Å². The van der Waals surface area contributed by atoms with Crippen molar-refractivity contribution in [1.82, 2.24) is 9.88 Å². The molecule has 0 aliphatic heterocycles. The number of rotatable bonds is 8. The maximum absolute atomic E-state index is 13.3. The summed E-state index contributed by atoms with van der Waals surface area (Å²) in [5.74, 6) is -0.0888. The van der Waals surface area contributed by atoms with Crippen molar-refractivity contribution in [2.45, 2.75) is 37.3 Å². The fraction of sp³-hybridized carbons (Fsp3) is 0.391. The maximum Gasteiger partial charge on any atom is 0.233 e. The van der Waals surface area contributed by atoms with Crippen LogP contribution in [0.25, 0.3) is 10.2 Å². The molecule has 0 atom stereocenters. The van der Waals surface area contributed by atoms with Crippen LogP contribution in [-0.2, 0) is 21.1 Å². The minimum Gasteiger partial charge on any atom is -0.308 e. The molecule has 1 heterocycles. The second-order valence-corrected chi connectivity index (χ2v) is 12.2. The van der Waals surface area contributed by atoms with E-state index in [1.807, 2.05) is 38.1 Å². The van der Waals surface area contributed by atoms with Gasteiger partial charge in [0, 0.05) is 18.1 Å². The molecule has 0 N–H and O–H groups in total. The largest absolute Gasteiger partial charge is 0.308 e. The number of likely N-dealkylation sites (N-methyl/N-ethyl adjacent to an activating group) is 1. The molecule has 3 aromatic rings. The Morgan fingerprint density at radius 2 is 1.73 bits per heavy atom. The molecule has 6 nitrogen and oxygen atoms in total. The van der Waals surface area contributed by atoms with E-state index in [2.05, 4.69) is 0 Å². The normalized spacial score (nSPS) is 11.8. The topological polar surface area (TPSA) is 70.6 Å². The number of nitrogens with zero attached hydrogens (tertiary/aromatic N) is 3. The Kier molecular flexibility index (Phi) is 9.30. The predicted molar refractivity (Wildman–Crippen MR) is 140 cm³/mol. The molecular weight excluding hydrogens is 501 g/mol. The summed E-state index contributed by atoms with van der Waals surface area (Å²) in [6.45, 7) is 6.42. The number of hydrogen-bond donors (Lipinski definition) is 0. The highest BCUT2D eigenvalue weighted by Gasteiger charge is 2.22. The number of aryl methyl sites for hydroxylation is 1. The Morgan fingerprint density at radius 3 is 2.30 bits per heavy atom. The fourth-order valence-corrected chi connectivity index (χ4v) is 5.45. The molecule has 0 aliphatic rings. The minimum atomic E-state index is -3.34. The summed E-state index contributed by atoms with van der Waals surface area (Å²) in [7, 11) is 0.572. The first kappa shape index (κ1) is 27.5. The molecule has 0 fully saturated rings. The van der Waals surface area contributed by atoms with E-state index in [9.17, 15) is 13.2 Å². The molecular formula is C23H29Cl2N3O3S2. The summed E-state index contributed by atoms with van der Waals surface area (Å²) >= 11 is 7.71. The Morgan fingerprint density at radius 1 is 1.09 bits per heavy atom. The van der Waals surface area contributed by atoms with Crippen molar-refractivity contribution in [3.05, 3.63) is 52.5 Å². The first-order valence-electron chi connectivity index (χ1n) is 10.3. The third-order valence-corrected chi connectivity index (χ3v) is 8.89. The highest BCUT2D eigenvalue weighted by atomic mass is 35.5. The lowest BCUT2D eigenvalue weighted by atomic mass is 10.1. The van der Waals surface area contributed by atoms with Gasteiger partial charge in [-0.2, -0.15) is 0 Å². The first-order chi connectivity index (χ1) is 15.0. The van der Waals surface area contributed by atoms with Gasteiger partial charge in [0.1, 0.15) is 0 Å². The number of aromatic nitrogens is 1. The predicted octanol–water partition coefficient (Wildman–Crippen LogP) is 5.00. The molecule has 0 saturated heterocycles. The van der Waals surface area contributed by atoms with Crippen molar-refractivity contribution < 1.29 is 13.2 Å². The number of carbonyl (C=O) groups excluding carboxylic acids is 1. The maximum atomic E-state index is 13.3. The van der Waals surface area contributed by atoms with Crippen LogP contribution in [0.2, 0.25) is 5.02 Å². The SMILES string of the molecule is Cc1c(Cl)ccc2sc(N(CCN(C)C)C(=O)Cc3ccc(S(=O)(=O)C(C)C)cc3)nc12.Cl. The molecule has 0 unspecified atom stereocenters. The average molecular weight is 531 g/mol. The van der Waals surface area contributed by atoms with Gasteiger partial charge in [-0.1, -0.05) is 35.1 Å². The van der Waals surface area contributed by atoms with Gasteiger partial charge in [0.2, 0.25) is 5.91 Å². The van der Waals surface area contributed by atoms with E-state index in [1.165, 1.54) is 11.3 Å². The summed E-state index contributed by atoms with van der Waals surface area (Å²) in [5, 5.41) is 0.792. The Labute approximate surface area is 210 Å². The molecule has 2 aromatic carbocycles. The van der Waals surface area contributed by atoms with E-state index >= 15 is 0 Å². The number of halogens is 2. The first-order valence-corrected chi connectivity index (χ1v) is 13.1.